The van der Waals surface area contributed by atoms with Gasteiger partial charge < -0.3 is 15.4 Å². The second-order valence-corrected chi connectivity index (χ2v) is 5.32. The van der Waals surface area contributed by atoms with Crippen molar-refractivity contribution in [3.05, 3.63) is 52.5 Å². The van der Waals surface area contributed by atoms with Crippen molar-refractivity contribution in [2.45, 2.75) is 6.92 Å². The standard InChI is InChI=1S/C16H13ClN2O3/c1-9-11(17)3-2-4-12(9)19-16(21)10-5-6-14-13(7-10)18-15(20)8-22-14/h2-7H,8H2,1H3,(H,18,20)(H,19,21). The molecule has 1 aliphatic heterocycles. The lowest BCUT2D eigenvalue weighted by Gasteiger charge is -2.18. The number of halogens is 1. The lowest BCUT2D eigenvalue weighted by molar-refractivity contribution is -0.118. The highest BCUT2D eigenvalue weighted by atomic mass is 35.5. The molecule has 0 bridgehead atoms. The number of amides is 2. The monoisotopic (exact) mass is 316 g/mol. The fourth-order valence-corrected chi connectivity index (χ4v) is 2.34. The number of carbonyl (C=O) groups excluding carboxylic acids is 2. The van der Waals surface area contributed by atoms with E-state index in [0.29, 0.717) is 27.7 Å². The van der Waals surface area contributed by atoms with E-state index in [1.54, 1.807) is 36.4 Å². The SMILES string of the molecule is Cc1c(Cl)cccc1NC(=O)c1ccc2c(c1)NC(=O)CO2. The maximum absolute atomic E-state index is 12.3. The molecule has 3 rings (SSSR count). The van der Waals surface area contributed by atoms with E-state index >= 15 is 0 Å². The summed E-state index contributed by atoms with van der Waals surface area (Å²) in [6, 6.07) is 10.2. The third kappa shape index (κ3) is 2.76. The summed E-state index contributed by atoms with van der Waals surface area (Å²) in [7, 11) is 0. The van der Waals surface area contributed by atoms with E-state index in [1.165, 1.54) is 0 Å². The van der Waals surface area contributed by atoms with Crippen molar-refractivity contribution in [2.24, 2.45) is 0 Å². The molecular formula is C16H13ClN2O3. The quantitative estimate of drug-likeness (QED) is 0.894. The van der Waals surface area contributed by atoms with Crippen LogP contribution in [0.5, 0.6) is 5.75 Å². The molecule has 2 aromatic carbocycles. The molecule has 2 N–H and O–H groups in total. The Kier molecular flexibility index (Phi) is 3.73. The summed E-state index contributed by atoms with van der Waals surface area (Å²) in [5.74, 6) is 0.0267. The zero-order valence-electron chi connectivity index (χ0n) is 11.8. The van der Waals surface area contributed by atoms with Crippen LogP contribution in [-0.4, -0.2) is 18.4 Å². The van der Waals surface area contributed by atoms with Crippen molar-refractivity contribution in [3.63, 3.8) is 0 Å². The summed E-state index contributed by atoms with van der Waals surface area (Å²) < 4.78 is 5.26. The molecule has 5 nitrogen and oxygen atoms in total. The molecule has 0 saturated heterocycles. The molecular weight excluding hydrogens is 304 g/mol. The normalized spacial score (nSPS) is 12.9. The van der Waals surface area contributed by atoms with Gasteiger partial charge in [0.15, 0.2) is 6.61 Å². The Hall–Kier alpha value is -2.53. The number of ether oxygens (including phenoxy) is 1. The molecule has 2 aromatic rings. The lowest BCUT2D eigenvalue weighted by atomic mass is 10.1. The van der Waals surface area contributed by atoms with Gasteiger partial charge in [0.1, 0.15) is 5.75 Å². The first-order valence-corrected chi connectivity index (χ1v) is 7.05. The van der Waals surface area contributed by atoms with Gasteiger partial charge in [0.25, 0.3) is 11.8 Å². The van der Waals surface area contributed by atoms with Crippen molar-refractivity contribution in [1.29, 1.82) is 0 Å². The minimum Gasteiger partial charge on any atom is -0.482 e. The van der Waals surface area contributed by atoms with Crippen molar-refractivity contribution < 1.29 is 14.3 Å². The van der Waals surface area contributed by atoms with E-state index in [-0.39, 0.29) is 18.4 Å². The zero-order valence-corrected chi connectivity index (χ0v) is 12.5. The van der Waals surface area contributed by atoms with E-state index in [2.05, 4.69) is 10.6 Å². The first-order valence-electron chi connectivity index (χ1n) is 6.68. The minimum atomic E-state index is -0.284. The maximum Gasteiger partial charge on any atom is 0.262 e. The Bertz CT molecular complexity index is 774. The Labute approximate surface area is 132 Å². The van der Waals surface area contributed by atoms with Gasteiger partial charge in [-0.3, -0.25) is 9.59 Å². The summed E-state index contributed by atoms with van der Waals surface area (Å²) in [4.78, 5) is 23.7. The van der Waals surface area contributed by atoms with Gasteiger partial charge in [-0.05, 0) is 42.8 Å². The third-order valence-electron chi connectivity index (χ3n) is 3.39. The number of anilines is 2. The molecule has 1 heterocycles. The molecule has 0 spiro atoms. The summed E-state index contributed by atoms with van der Waals surface area (Å²) in [6.45, 7) is 1.82. The van der Waals surface area contributed by atoms with Crippen molar-refractivity contribution in [1.82, 2.24) is 0 Å². The van der Waals surface area contributed by atoms with E-state index in [0.717, 1.165) is 5.56 Å². The molecule has 0 unspecified atom stereocenters. The Balaban J connectivity index is 1.85. The van der Waals surface area contributed by atoms with Crippen LogP contribution in [0.25, 0.3) is 0 Å². The van der Waals surface area contributed by atoms with Crippen LogP contribution in [0.1, 0.15) is 15.9 Å². The number of fused-ring (bicyclic) bond motifs is 1. The fraction of sp³-hybridized carbons (Fsp3) is 0.125. The molecule has 0 atom stereocenters. The average Bonchev–Trinajstić information content (AvgIpc) is 2.51. The number of hydrogen-bond acceptors (Lipinski definition) is 3. The van der Waals surface area contributed by atoms with Crippen LogP contribution in [0.15, 0.2) is 36.4 Å². The molecule has 0 saturated carbocycles. The molecule has 0 fully saturated rings. The topological polar surface area (TPSA) is 67.4 Å². The van der Waals surface area contributed by atoms with Gasteiger partial charge in [-0.1, -0.05) is 17.7 Å². The molecule has 0 aromatic heterocycles. The number of rotatable bonds is 2. The van der Waals surface area contributed by atoms with Crippen LogP contribution in [0.3, 0.4) is 0 Å². The third-order valence-corrected chi connectivity index (χ3v) is 3.80. The average molecular weight is 317 g/mol. The van der Waals surface area contributed by atoms with Crippen LogP contribution in [0.4, 0.5) is 11.4 Å². The van der Waals surface area contributed by atoms with Gasteiger partial charge in [0.2, 0.25) is 0 Å². The molecule has 0 aliphatic carbocycles. The largest absolute Gasteiger partial charge is 0.482 e. The summed E-state index contributed by atoms with van der Waals surface area (Å²) >= 11 is 6.04. The predicted molar refractivity (Wildman–Crippen MR) is 84.7 cm³/mol. The van der Waals surface area contributed by atoms with Crippen LogP contribution < -0.4 is 15.4 Å². The van der Waals surface area contributed by atoms with Gasteiger partial charge in [-0.15, -0.1) is 0 Å². The van der Waals surface area contributed by atoms with Gasteiger partial charge in [-0.25, -0.2) is 0 Å². The predicted octanol–water partition coefficient (Wildman–Crippen LogP) is 3.23. The van der Waals surface area contributed by atoms with Crippen molar-refractivity contribution in [3.8, 4) is 5.75 Å². The highest BCUT2D eigenvalue weighted by Gasteiger charge is 2.18. The van der Waals surface area contributed by atoms with Crippen LogP contribution in [0, 0.1) is 6.92 Å². The molecule has 1 aliphatic rings. The van der Waals surface area contributed by atoms with E-state index in [4.69, 9.17) is 16.3 Å². The van der Waals surface area contributed by atoms with E-state index in [1.807, 2.05) is 6.92 Å². The number of benzene rings is 2. The smallest absolute Gasteiger partial charge is 0.262 e. The Morgan fingerprint density at radius 1 is 1.32 bits per heavy atom. The van der Waals surface area contributed by atoms with Gasteiger partial charge in [0.05, 0.1) is 5.69 Å². The van der Waals surface area contributed by atoms with Crippen LogP contribution in [-0.2, 0) is 4.79 Å². The fourth-order valence-electron chi connectivity index (χ4n) is 2.16. The maximum atomic E-state index is 12.3. The first kappa shape index (κ1) is 14.4. The van der Waals surface area contributed by atoms with Crippen molar-refractivity contribution in [2.75, 3.05) is 17.2 Å². The van der Waals surface area contributed by atoms with Gasteiger partial charge >= 0.3 is 0 Å². The Morgan fingerprint density at radius 2 is 2.14 bits per heavy atom. The number of nitrogens with one attached hydrogen (secondary N) is 2. The highest BCUT2D eigenvalue weighted by molar-refractivity contribution is 6.31. The Morgan fingerprint density at radius 3 is 2.95 bits per heavy atom. The lowest BCUT2D eigenvalue weighted by Crippen LogP contribution is -2.25. The molecule has 112 valence electrons. The number of hydrogen-bond donors (Lipinski definition) is 2. The van der Waals surface area contributed by atoms with Crippen molar-refractivity contribution >= 4 is 34.8 Å². The van der Waals surface area contributed by atoms with E-state index < -0.39 is 0 Å². The van der Waals surface area contributed by atoms with Crippen LogP contribution >= 0.6 is 11.6 Å². The van der Waals surface area contributed by atoms with Crippen LogP contribution in [0.2, 0.25) is 5.02 Å². The second kappa shape index (κ2) is 5.69. The number of carbonyl (C=O) groups is 2. The molecule has 2 amide bonds. The second-order valence-electron chi connectivity index (χ2n) is 4.91. The molecule has 6 heteroatoms. The summed E-state index contributed by atoms with van der Waals surface area (Å²) in [5.41, 5.74) is 2.36. The first-order chi connectivity index (χ1) is 10.5. The zero-order chi connectivity index (χ0) is 15.7. The van der Waals surface area contributed by atoms with E-state index in [9.17, 15) is 9.59 Å². The summed E-state index contributed by atoms with van der Waals surface area (Å²) in [5, 5.41) is 6.07. The summed E-state index contributed by atoms with van der Waals surface area (Å²) in [6.07, 6.45) is 0. The highest BCUT2D eigenvalue weighted by Crippen LogP contribution is 2.29. The molecule has 0 radical (unpaired) electrons. The van der Waals surface area contributed by atoms with Gasteiger partial charge in [0, 0.05) is 16.3 Å². The minimum absolute atomic E-state index is 0.0136. The van der Waals surface area contributed by atoms with Gasteiger partial charge in [-0.2, -0.15) is 0 Å². The molecule has 22 heavy (non-hydrogen) atoms.